The van der Waals surface area contributed by atoms with Crippen LogP contribution in [-0.2, 0) is 11.2 Å². The predicted molar refractivity (Wildman–Crippen MR) is 77.1 cm³/mol. The topological polar surface area (TPSA) is 62.2 Å². The molecule has 0 unspecified atom stereocenters. The molecule has 19 heavy (non-hydrogen) atoms. The summed E-state index contributed by atoms with van der Waals surface area (Å²) in [5.41, 5.74) is 2.38. The molecule has 0 aliphatic rings. The maximum Gasteiger partial charge on any atom is 0.228 e. The second kappa shape index (κ2) is 5.84. The van der Waals surface area contributed by atoms with Crippen LogP contribution >= 0.6 is 15.9 Å². The van der Waals surface area contributed by atoms with Crippen LogP contribution in [0.4, 0.5) is 5.69 Å². The van der Waals surface area contributed by atoms with E-state index in [2.05, 4.69) is 26.2 Å². The van der Waals surface area contributed by atoms with Crippen LogP contribution < -0.4 is 5.32 Å². The lowest BCUT2D eigenvalue weighted by molar-refractivity contribution is -0.115. The number of hydrogen-bond acceptors (Lipinski definition) is 3. The van der Waals surface area contributed by atoms with Crippen LogP contribution in [0, 0.1) is 6.92 Å². The van der Waals surface area contributed by atoms with Crippen LogP contribution in [0.25, 0.3) is 0 Å². The lowest BCUT2D eigenvalue weighted by Gasteiger charge is -2.07. The number of nitrogens with zero attached hydrogens (tertiary/aromatic N) is 1. The molecule has 0 saturated heterocycles. The van der Waals surface area contributed by atoms with Crippen molar-refractivity contribution in [2.45, 2.75) is 13.3 Å². The van der Waals surface area contributed by atoms with Gasteiger partial charge in [0.25, 0.3) is 0 Å². The molecule has 0 aliphatic heterocycles. The van der Waals surface area contributed by atoms with Crippen LogP contribution in [0.1, 0.15) is 11.1 Å². The Bertz CT molecular complexity index is 614. The van der Waals surface area contributed by atoms with Gasteiger partial charge in [-0.25, -0.2) is 4.98 Å². The van der Waals surface area contributed by atoms with Crippen molar-refractivity contribution >= 4 is 27.5 Å². The van der Waals surface area contributed by atoms with Crippen molar-refractivity contribution in [3.63, 3.8) is 0 Å². The first kappa shape index (κ1) is 13.5. The minimum Gasteiger partial charge on any atom is -0.508 e. The molecule has 98 valence electrons. The van der Waals surface area contributed by atoms with E-state index >= 15 is 0 Å². The summed E-state index contributed by atoms with van der Waals surface area (Å²) in [6, 6.07) is 8.50. The maximum absolute atomic E-state index is 11.9. The first-order chi connectivity index (χ1) is 9.04. The SMILES string of the molecule is Cc1cc(NC(=O)Cc2cccc(O)c2)cnc1Br. The molecular weight excluding hydrogens is 308 g/mol. The Morgan fingerprint density at radius 3 is 2.89 bits per heavy atom. The number of hydrogen-bond donors (Lipinski definition) is 2. The number of amides is 1. The van der Waals surface area contributed by atoms with Gasteiger partial charge in [0.05, 0.1) is 18.3 Å². The molecule has 0 atom stereocenters. The summed E-state index contributed by atoms with van der Waals surface area (Å²) in [6.07, 6.45) is 1.81. The Kier molecular flexibility index (Phi) is 4.16. The van der Waals surface area contributed by atoms with Gasteiger partial charge >= 0.3 is 0 Å². The lowest BCUT2D eigenvalue weighted by atomic mass is 10.1. The summed E-state index contributed by atoms with van der Waals surface area (Å²) in [5, 5.41) is 12.1. The van der Waals surface area contributed by atoms with Gasteiger partial charge in [-0.15, -0.1) is 0 Å². The van der Waals surface area contributed by atoms with Crippen molar-refractivity contribution in [2.24, 2.45) is 0 Å². The lowest BCUT2D eigenvalue weighted by Crippen LogP contribution is -2.14. The number of rotatable bonds is 3. The maximum atomic E-state index is 11.9. The molecule has 1 heterocycles. The molecule has 2 rings (SSSR count). The summed E-state index contributed by atoms with van der Waals surface area (Å²) in [5.74, 6) is 0.0144. The molecule has 0 spiro atoms. The monoisotopic (exact) mass is 320 g/mol. The molecule has 1 aromatic heterocycles. The van der Waals surface area contributed by atoms with Crippen LogP contribution in [0.3, 0.4) is 0 Å². The van der Waals surface area contributed by atoms with E-state index in [-0.39, 0.29) is 18.1 Å². The van der Waals surface area contributed by atoms with Gasteiger partial charge in [0.2, 0.25) is 5.91 Å². The summed E-state index contributed by atoms with van der Waals surface area (Å²) in [4.78, 5) is 16.0. The molecule has 0 radical (unpaired) electrons. The van der Waals surface area contributed by atoms with Crippen LogP contribution in [0.5, 0.6) is 5.75 Å². The number of phenolic OH excluding ortho intramolecular Hbond substituents is 1. The van der Waals surface area contributed by atoms with Gasteiger partial charge in [-0.3, -0.25) is 4.79 Å². The van der Waals surface area contributed by atoms with Crippen molar-refractivity contribution in [1.82, 2.24) is 4.98 Å². The first-order valence-electron chi connectivity index (χ1n) is 5.74. The Morgan fingerprint density at radius 2 is 2.21 bits per heavy atom. The van der Waals surface area contributed by atoms with Gasteiger partial charge in [0.1, 0.15) is 10.4 Å². The molecule has 2 N–H and O–H groups in total. The van der Waals surface area contributed by atoms with Gasteiger partial charge in [-0.05, 0) is 52.2 Å². The number of phenols is 1. The minimum atomic E-state index is -0.144. The molecule has 1 amide bonds. The van der Waals surface area contributed by atoms with E-state index in [0.717, 1.165) is 15.7 Å². The highest BCUT2D eigenvalue weighted by molar-refractivity contribution is 9.10. The number of pyridine rings is 1. The highest BCUT2D eigenvalue weighted by Crippen LogP contribution is 2.17. The van der Waals surface area contributed by atoms with E-state index in [4.69, 9.17) is 0 Å². The number of aromatic nitrogens is 1. The third kappa shape index (κ3) is 3.79. The second-order valence-electron chi connectivity index (χ2n) is 4.23. The number of aromatic hydroxyl groups is 1. The average molecular weight is 321 g/mol. The number of carbonyl (C=O) groups excluding carboxylic acids is 1. The zero-order valence-corrected chi connectivity index (χ0v) is 11.9. The predicted octanol–water partition coefficient (Wildman–Crippen LogP) is 3.04. The van der Waals surface area contributed by atoms with Gasteiger partial charge < -0.3 is 10.4 Å². The highest BCUT2D eigenvalue weighted by Gasteiger charge is 2.06. The second-order valence-corrected chi connectivity index (χ2v) is 4.98. The third-order valence-corrected chi connectivity index (χ3v) is 3.40. The van der Waals surface area contributed by atoms with Crippen molar-refractivity contribution in [3.05, 3.63) is 52.3 Å². The summed E-state index contributed by atoms with van der Waals surface area (Å²) >= 11 is 3.31. The van der Waals surface area contributed by atoms with Crippen LogP contribution in [-0.4, -0.2) is 16.0 Å². The van der Waals surface area contributed by atoms with Crippen molar-refractivity contribution in [3.8, 4) is 5.75 Å². The molecule has 4 nitrogen and oxygen atoms in total. The normalized spacial score (nSPS) is 10.2. The van der Waals surface area contributed by atoms with Crippen LogP contribution in [0.15, 0.2) is 41.1 Å². The summed E-state index contributed by atoms with van der Waals surface area (Å²) < 4.78 is 0.762. The standard InChI is InChI=1S/C14H13BrN2O2/c1-9-5-11(8-16-14(9)15)17-13(19)7-10-3-2-4-12(18)6-10/h2-6,8,18H,7H2,1H3,(H,17,19). The van der Waals surface area contributed by atoms with E-state index in [1.807, 2.05) is 13.0 Å². The smallest absolute Gasteiger partial charge is 0.228 e. The molecule has 0 bridgehead atoms. The zero-order chi connectivity index (χ0) is 13.8. The fraction of sp³-hybridized carbons (Fsp3) is 0.143. The van der Waals surface area contributed by atoms with Gasteiger partial charge in [0.15, 0.2) is 0 Å². The molecule has 5 heteroatoms. The summed E-state index contributed by atoms with van der Waals surface area (Å²) in [6.45, 7) is 1.90. The largest absolute Gasteiger partial charge is 0.508 e. The van der Waals surface area contributed by atoms with Crippen molar-refractivity contribution in [2.75, 3.05) is 5.32 Å². The van der Waals surface area contributed by atoms with E-state index in [9.17, 15) is 9.90 Å². The number of benzene rings is 1. The molecule has 2 aromatic rings. The molecule has 0 fully saturated rings. The zero-order valence-electron chi connectivity index (χ0n) is 10.4. The quantitative estimate of drug-likeness (QED) is 0.854. The van der Waals surface area contributed by atoms with E-state index in [1.54, 1.807) is 30.5 Å². The number of halogens is 1. The fourth-order valence-corrected chi connectivity index (χ4v) is 1.90. The molecular formula is C14H13BrN2O2. The van der Waals surface area contributed by atoms with Gasteiger partial charge in [-0.2, -0.15) is 0 Å². The van der Waals surface area contributed by atoms with Gasteiger partial charge in [-0.1, -0.05) is 12.1 Å². The average Bonchev–Trinajstić information content (AvgIpc) is 2.34. The minimum absolute atomic E-state index is 0.144. The summed E-state index contributed by atoms with van der Waals surface area (Å²) in [7, 11) is 0. The van der Waals surface area contributed by atoms with E-state index in [1.165, 1.54) is 0 Å². The van der Waals surface area contributed by atoms with Crippen LogP contribution in [0.2, 0.25) is 0 Å². The van der Waals surface area contributed by atoms with E-state index in [0.29, 0.717) is 5.69 Å². The number of nitrogens with one attached hydrogen (secondary N) is 1. The van der Waals surface area contributed by atoms with Crippen molar-refractivity contribution in [1.29, 1.82) is 0 Å². The Morgan fingerprint density at radius 1 is 1.42 bits per heavy atom. The molecule has 0 aliphatic carbocycles. The first-order valence-corrected chi connectivity index (χ1v) is 6.54. The number of anilines is 1. The fourth-order valence-electron chi connectivity index (χ4n) is 1.68. The van der Waals surface area contributed by atoms with E-state index < -0.39 is 0 Å². The Hall–Kier alpha value is -1.88. The molecule has 0 saturated carbocycles. The molecule has 1 aromatic carbocycles. The van der Waals surface area contributed by atoms with Gasteiger partial charge in [0, 0.05) is 0 Å². The van der Waals surface area contributed by atoms with Crippen molar-refractivity contribution < 1.29 is 9.90 Å². The third-order valence-electron chi connectivity index (χ3n) is 2.57. The Labute approximate surface area is 119 Å². The Balaban J connectivity index is 2.03. The number of carbonyl (C=O) groups is 1. The highest BCUT2D eigenvalue weighted by atomic mass is 79.9. The number of aryl methyl sites for hydroxylation is 1.